The van der Waals surface area contributed by atoms with E-state index in [1.807, 2.05) is 41.5 Å². The molecule has 19 heteroatoms. The molecule has 0 aliphatic rings. The van der Waals surface area contributed by atoms with E-state index in [0.29, 0.717) is 125 Å². The molecule has 3 N–H and O–H groups in total. The monoisotopic (exact) mass is 941 g/mol. The molecule has 0 atom stereocenters. The first-order chi connectivity index (χ1) is 30.8. The van der Waals surface area contributed by atoms with Gasteiger partial charge in [0.1, 0.15) is 5.78 Å². The van der Waals surface area contributed by atoms with E-state index in [2.05, 4.69) is 89.4 Å². The third kappa shape index (κ3) is 37.0. The molecule has 0 bridgehead atoms. The third-order valence-electron chi connectivity index (χ3n) is 10.6. The maximum atomic E-state index is 12.6. The molecule has 2 amide bonds. The molecule has 0 saturated carbocycles. The quantitative estimate of drug-likeness (QED) is 0.0240. The van der Waals surface area contributed by atoms with E-state index < -0.39 is 0 Å². The van der Waals surface area contributed by atoms with Gasteiger partial charge in [0, 0.05) is 97.7 Å². The van der Waals surface area contributed by atoms with Gasteiger partial charge in [0.25, 0.3) is 0 Å². The lowest BCUT2D eigenvalue weighted by atomic mass is 9.91. The van der Waals surface area contributed by atoms with Crippen LogP contribution in [0.15, 0.2) is 10.2 Å². The van der Waals surface area contributed by atoms with Crippen LogP contribution in [0.5, 0.6) is 0 Å². The SMILES string of the molecule is CCC(C)(C)COCC(C)(C)CNC(=O)CCOCCN(CCOCCC(=O)CNCC(C)(C)COCC(C)(C)CN=[N+]=[N-])CCOCCC(=O)NCC(C)(C)COCC(C)(C)CN=[N+]=[N-]. The topological polar surface area (TPSA) is 243 Å². The Kier molecular flexibility index (Phi) is 31.8. The molecule has 0 aromatic heterocycles. The summed E-state index contributed by atoms with van der Waals surface area (Å²) in [5.41, 5.74) is 16.1. The Bertz CT molecular complexity index is 1460. The average Bonchev–Trinajstić information content (AvgIpc) is 3.22. The Labute approximate surface area is 397 Å². The summed E-state index contributed by atoms with van der Waals surface area (Å²) in [6, 6.07) is 0. The van der Waals surface area contributed by atoms with Gasteiger partial charge >= 0.3 is 0 Å². The van der Waals surface area contributed by atoms with E-state index in [1.165, 1.54) is 0 Å². The Morgan fingerprint density at radius 1 is 0.485 bits per heavy atom. The van der Waals surface area contributed by atoms with Crippen LogP contribution in [0, 0.1) is 32.5 Å². The van der Waals surface area contributed by atoms with Crippen LogP contribution in [0.25, 0.3) is 20.9 Å². The Morgan fingerprint density at radius 2 is 0.833 bits per heavy atom. The number of ketones is 1. The average molecular weight is 941 g/mol. The molecule has 19 nitrogen and oxygen atoms in total. The van der Waals surface area contributed by atoms with E-state index >= 15 is 0 Å². The summed E-state index contributed by atoms with van der Waals surface area (Å²) in [6.07, 6.45) is 1.80. The fourth-order valence-corrected chi connectivity index (χ4v) is 5.82. The number of azide groups is 2. The highest BCUT2D eigenvalue weighted by atomic mass is 16.5. The first-order valence-corrected chi connectivity index (χ1v) is 23.7. The van der Waals surface area contributed by atoms with Crippen LogP contribution in [0.2, 0.25) is 0 Å². The van der Waals surface area contributed by atoms with Crippen LogP contribution in [0.3, 0.4) is 0 Å². The molecular formula is C47H92N10O9. The number of amides is 2. The fourth-order valence-electron chi connectivity index (χ4n) is 5.82. The number of rotatable bonds is 43. The van der Waals surface area contributed by atoms with Crippen LogP contribution in [-0.2, 0) is 42.8 Å². The van der Waals surface area contributed by atoms with Crippen molar-refractivity contribution in [1.82, 2.24) is 20.9 Å². The molecule has 0 spiro atoms. The summed E-state index contributed by atoms with van der Waals surface area (Å²) >= 11 is 0. The highest BCUT2D eigenvalue weighted by molar-refractivity contribution is 5.80. The van der Waals surface area contributed by atoms with Gasteiger partial charge in [0.2, 0.25) is 11.8 Å². The molecule has 0 radical (unpaired) electrons. The van der Waals surface area contributed by atoms with E-state index in [-0.39, 0.29) is 82.5 Å². The van der Waals surface area contributed by atoms with E-state index in [9.17, 15) is 14.4 Å². The predicted octanol–water partition coefficient (Wildman–Crippen LogP) is 7.14. The molecule has 0 saturated heterocycles. The highest BCUT2D eigenvalue weighted by Crippen LogP contribution is 2.23. The van der Waals surface area contributed by atoms with Crippen molar-refractivity contribution in [3.63, 3.8) is 0 Å². The number of nitrogens with one attached hydrogen (secondary N) is 3. The number of nitrogens with zero attached hydrogens (tertiary/aromatic N) is 7. The number of carbonyl (C=O) groups excluding carboxylic acids is 3. The van der Waals surface area contributed by atoms with Crippen molar-refractivity contribution in [2.24, 2.45) is 42.7 Å². The molecule has 0 aliphatic carbocycles. The number of hydrogen-bond acceptors (Lipinski definition) is 13. The third-order valence-corrected chi connectivity index (χ3v) is 10.6. The second kappa shape index (κ2) is 33.4. The van der Waals surface area contributed by atoms with Crippen molar-refractivity contribution >= 4 is 17.6 Å². The first-order valence-electron chi connectivity index (χ1n) is 23.7. The van der Waals surface area contributed by atoms with Gasteiger partial charge in [-0.1, -0.05) is 100 Å². The second-order valence-electron chi connectivity index (χ2n) is 22.2. The van der Waals surface area contributed by atoms with Gasteiger partial charge in [0.15, 0.2) is 0 Å². The molecule has 0 aromatic carbocycles. The van der Waals surface area contributed by atoms with Crippen molar-refractivity contribution in [2.45, 2.75) is 116 Å². The Hall–Kier alpha value is -3.09. The summed E-state index contributed by atoms with van der Waals surface area (Å²) in [5.74, 6) is -0.118. The zero-order valence-corrected chi connectivity index (χ0v) is 43.5. The van der Waals surface area contributed by atoms with Crippen molar-refractivity contribution in [1.29, 1.82) is 0 Å². The fraction of sp³-hybridized carbons (Fsp3) is 0.936. The van der Waals surface area contributed by atoms with Gasteiger partial charge in [-0.25, -0.2) is 0 Å². The largest absolute Gasteiger partial charge is 0.380 e. The van der Waals surface area contributed by atoms with Crippen LogP contribution < -0.4 is 16.0 Å². The van der Waals surface area contributed by atoms with Gasteiger partial charge in [-0.05, 0) is 33.7 Å². The molecule has 0 unspecified atom stereocenters. The van der Waals surface area contributed by atoms with Crippen LogP contribution in [0.4, 0.5) is 0 Å². The van der Waals surface area contributed by atoms with Crippen LogP contribution >= 0.6 is 0 Å². The molecule has 0 aromatic rings. The molecule has 0 heterocycles. The predicted molar refractivity (Wildman–Crippen MR) is 260 cm³/mol. The lowest BCUT2D eigenvalue weighted by Crippen LogP contribution is -2.38. The summed E-state index contributed by atoms with van der Waals surface area (Å²) in [7, 11) is 0. The van der Waals surface area contributed by atoms with Crippen LogP contribution in [0.1, 0.15) is 116 Å². The van der Waals surface area contributed by atoms with Gasteiger partial charge in [-0.3, -0.25) is 19.3 Å². The van der Waals surface area contributed by atoms with Crippen molar-refractivity contribution in [3.05, 3.63) is 20.9 Å². The molecule has 0 aliphatic heterocycles. The number of Topliss-reactive ketones (excluding diaryl/α,β-unsaturated/α-hetero) is 1. The van der Waals surface area contributed by atoms with E-state index in [4.69, 9.17) is 39.5 Å². The van der Waals surface area contributed by atoms with Crippen molar-refractivity contribution < 1.29 is 42.8 Å². The number of carbonyl (C=O) groups is 3. The summed E-state index contributed by atoms with van der Waals surface area (Å²) < 4.78 is 35.3. The molecule has 0 rings (SSSR count). The lowest BCUT2D eigenvalue weighted by molar-refractivity contribution is -0.123. The van der Waals surface area contributed by atoms with Gasteiger partial charge < -0.3 is 44.4 Å². The van der Waals surface area contributed by atoms with Crippen LogP contribution in [-0.4, -0.2) is 161 Å². The van der Waals surface area contributed by atoms with Gasteiger partial charge in [-0.15, -0.1) is 0 Å². The number of ether oxygens (including phenoxy) is 6. The van der Waals surface area contributed by atoms with Gasteiger partial charge in [0.05, 0.1) is 85.8 Å². The normalized spacial score (nSPS) is 12.8. The molecule has 384 valence electrons. The van der Waals surface area contributed by atoms with E-state index in [1.54, 1.807) is 0 Å². The second-order valence-corrected chi connectivity index (χ2v) is 22.2. The maximum absolute atomic E-state index is 12.6. The summed E-state index contributed by atoms with van der Waals surface area (Å²) in [6.45, 7) is 36.2. The molecular weight excluding hydrogens is 849 g/mol. The zero-order chi connectivity index (χ0) is 50.2. The van der Waals surface area contributed by atoms with Crippen molar-refractivity contribution in [3.8, 4) is 0 Å². The minimum atomic E-state index is -0.288. The minimum absolute atomic E-state index is 0.0571. The lowest BCUT2D eigenvalue weighted by Gasteiger charge is -2.28. The zero-order valence-electron chi connectivity index (χ0n) is 43.5. The number of hydrogen-bond donors (Lipinski definition) is 3. The molecule has 66 heavy (non-hydrogen) atoms. The van der Waals surface area contributed by atoms with Crippen molar-refractivity contribution in [2.75, 3.05) is 138 Å². The smallest absolute Gasteiger partial charge is 0.222 e. The minimum Gasteiger partial charge on any atom is -0.380 e. The summed E-state index contributed by atoms with van der Waals surface area (Å²) in [5, 5.41) is 16.5. The highest BCUT2D eigenvalue weighted by Gasteiger charge is 2.25. The first kappa shape index (κ1) is 62.9. The molecule has 0 fully saturated rings. The summed E-state index contributed by atoms with van der Waals surface area (Å²) in [4.78, 5) is 45.6. The Morgan fingerprint density at radius 3 is 1.21 bits per heavy atom. The van der Waals surface area contributed by atoms with Gasteiger partial charge in [-0.2, -0.15) is 0 Å². The maximum Gasteiger partial charge on any atom is 0.222 e. The Balaban J connectivity index is 4.83. The van der Waals surface area contributed by atoms with E-state index in [0.717, 1.165) is 6.42 Å². The standard InChI is InChI=1S/C47H92N10O9/c1-14-42(2,3)33-64-35-44(6,7)29-51-40(59)16-22-62-25-19-57(20-26-63-23-17-41(60)52-30-45(8,9)36-66-38-47(12,13)32-54-56-49)18-24-61-21-15-39(58)27-50-28-43(4,5)34-65-37-46(10,11)31-53-55-48/h50H,14-38H2,1-13H3,(H,51,59)(H,52,60).